The molecule has 2 aliphatic rings. The summed E-state index contributed by atoms with van der Waals surface area (Å²) in [6.07, 6.45) is 1.01. The Labute approximate surface area is 177 Å². The van der Waals surface area contributed by atoms with Crippen molar-refractivity contribution in [3.63, 3.8) is 0 Å². The Bertz CT molecular complexity index is 1040. The molecule has 0 radical (unpaired) electrons. The second kappa shape index (κ2) is 8.30. The third-order valence-electron chi connectivity index (χ3n) is 6.29. The maximum Gasteiger partial charge on any atom is 0.123 e. The summed E-state index contributed by atoms with van der Waals surface area (Å²) in [6, 6.07) is 13.0. The molecule has 2 aliphatic heterocycles. The van der Waals surface area contributed by atoms with Crippen molar-refractivity contribution >= 4 is 10.9 Å². The molecule has 5 rings (SSSR count). The standard InChI is InChI=1S/C24H29N3O3/c1-28-18-4-5-21-20(14-18)19-7-8-25-23(24(19)26-21)16-3-6-22(29-2)17(13-16)15-27-9-11-30-12-10-27/h3-6,13-14,23,25-26H,7-12,15H2,1-2H3/t23-/m0/s1. The number of aromatic amines is 1. The number of morpholine rings is 1. The van der Waals surface area contributed by atoms with Crippen LogP contribution in [0.3, 0.4) is 0 Å². The summed E-state index contributed by atoms with van der Waals surface area (Å²) in [7, 11) is 3.47. The van der Waals surface area contributed by atoms with Gasteiger partial charge in [0.05, 0.1) is 33.5 Å². The Balaban J connectivity index is 1.51. The summed E-state index contributed by atoms with van der Waals surface area (Å²) >= 11 is 0. The Kier molecular flexibility index (Phi) is 5.37. The predicted molar refractivity (Wildman–Crippen MR) is 117 cm³/mol. The molecule has 158 valence electrons. The lowest BCUT2D eigenvalue weighted by Gasteiger charge is -2.29. The first-order chi connectivity index (χ1) is 14.8. The van der Waals surface area contributed by atoms with Gasteiger partial charge >= 0.3 is 0 Å². The van der Waals surface area contributed by atoms with Crippen LogP contribution >= 0.6 is 0 Å². The van der Waals surface area contributed by atoms with Crippen LogP contribution in [0.5, 0.6) is 11.5 Å². The van der Waals surface area contributed by atoms with E-state index in [0.29, 0.717) is 0 Å². The zero-order valence-corrected chi connectivity index (χ0v) is 17.7. The molecule has 0 bridgehead atoms. The van der Waals surface area contributed by atoms with Crippen molar-refractivity contribution in [1.82, 2.24) is 15.2 Å². The third kappa shape index (κ3) is 3.55. The minimum absolute atomic E-state index is 0.140. The van der Waals surface area contributed by atoms with E-state index in [1.807, 2.05) is 6.07 Å². The van der Waals surface area contributed by atoms with E-state index >= 15 is 0 Å². The number of hydrogen-bond acceptors (Lipinski definition) is 5. The van der Waals surface area contributed by atoms with E-state index in [2.05, 4.69) is 45.5 Å². The first-order valence-corrected chi connectivity index (χ1v) is 10.7. The van der Waals surface area contributed by atoms with Crippen molar-refractivity contribution in [2.24, 2.45) is 0 Å². The predicted octanol–water partition coefficient (Wildman–Crippen LogP) is 3.25. The Morgan fingerprint density at radius 1 is 1.07 bits per heavy atom. The monoisotopic (exact) mass is 407 g/mol. The molecule has 1 fully saturated rings. The van der Waals surface area contributed by atoms with Crippen LogP contribution in [0.1, 0.15) is 28.4 Å². The lowest BCUT2D eigenvalue weighted by atomic mass is 9.93. The largest absolute Gasteiger partial charge is 0.497 e. The quantitative estimate of drug-likeness (QED) is 0.680. The number of hydrogen-bond donors (Lipinski definition) is 2. The van der Waals surface area contributed by atoms with Crippen LogP contribution in [-0.2, 0) is 17.7 Å². The molecular formula is C24H29N3O3. The number of benzene rings is 2. The molecule has 1 atom stereocenters. The van der Waals surface area contributed by atoms with E-state index < -0.39 is 0 Å². The van der Waals surface area contributed by atoms with Gasteiger partial charge in [-0.1, -0.05) is 6.07 Å². The molecule has 0 spiro atoms. The molecule has 1 aromatic heterocycles. The lowest BCUT2D eigenvalue weighted by molar-refractivity contribution is 0.0338. The number of methoxy groups -OCH3 is 2. The van der Waals surface area contributed by atoms with E-state index in [1.165, 1.54) is 27.8 Å². The summed E-state index contributed by atoms with van der Waals surface area (Å²) in [4.78, 5) is 6.10. The van der Waals surface area contributed by atoms with Crippen LogP contribution in [0.25, 0.3) is 10.9 Å². The van der Waals surface area contributed by atoms with Crippen molar-refractivity contribution in [3.05, 3.63) is 58.8 Å². The number of ether oxygens (including phenoxy) is 3. The van der Waals surface area contributed by atoms with Crippen LogP contribution < -0.4 is 14.8 Å². The van der Waals surface area contributed by atoms with E-state index in [1.54, 1.807) is 14.2 Å². The van der Waals surface area contributed by atoms with E-state index in [4.69, 9.17) is 14.2 Å². The van der Waals surface area contributed by atoms with Gasteiger partial charge in [-0.2, -0.15) is 0 Å². The van der Waals surface area contributed by atoms with Gasteiger partial charge in [-0.3, -0.25) is 4.90 Å². The molecule has 3 heterocycles. The third-order valence-corrected chi connectivity index (χ3v) is 6.29. The highest BCUT2D eigenvalue weighted by molar-refractivity contribution is 5.86. The number of fused-ring (bicyclic) bond motifs is 3. The van der Waals surface area contributed by atoms with Crippen LogP contribution in [-0.4, -0.2) is 57.0 Å². The highest BCUT2D eigenvalue weighted by Crippen LogP contribution is 2.36. The summed E-state index contributed by atoms with van der Waals surface area (Å²) in [6.45, 7) is 5.35. The topological polar surface area (TPSA) is 58.8 Å². The first kappa shape index (κ1) is 19.4. The maximum atomic E-state index is 5.67. The van der Waals surface area contributed by atoms with Gasteiger partial charge in [0.2, 0.25) is 0 Å². The molecule has 2 aromatic carbocycles. The second-order valence-electron chi connectivity index (χ2n) is 8.03. The lowest BCUT2D eigenvalue weighted by Crippen LogP contribution is -2.36. The van der Waals surface area contributed by atoms with Gasteiger partial charge in [-0.15, -0.1) is 0 Å². The normalized spacial score (nSPS) is 19.6. The Morgan fingerprint density at radius 3 is 2.73 bits per heavy atom. The van der Waals surface area contributed by atoms with Crippen LogP contribution in [0.15, 0.2) is 36.4 Å². The molecule has 3 aromatic rings. The van der Waals surface area contributed by atoms with Gasteiger partial charge in [0.1, 0.15) is 11.5 Å². The van der Waals surface area contributed by atoms with E-state index in [9.17, 15) is 0 Å². The zero-order valence-electron chi connectivity index (χ0n) is 17.7. The average Bonchev–Trinajstić information content (AvgIpc) is 3.17. The average molecular weight is 408 g/mol. The molecular weight excluding hydrogens is 378 g/mol. The van der Waals surface area contributed by atoms with Gasteiger partial charge in [0.15, 0.2) is 0 Å². The summed E-state index contributed by atoms with van der Waals surface area (Å²) < 4.78 is 16.6. The molecule has 6 heteroatoms. The van der Waals surface area contributed by atoms with Gasteiger partial charge in [-0.05, 0) is 47.9 Å². The molecule has 0 saturated carbocycles. The van der Waals surface area contributed by atoms with Gasteiger partial charge < -0.3 is 24.5 Å². The summed E-state index contributed by atoms with van der Waals surface area (Å²) in [5.74, 6) is 1.85. The highest BCUT2D eigenvalue weighted by atomic mass is 16.5. The molecule has 0 unspecified atom stereocenters. The van der Waals surface area contributed by atoms with Crippen molar-refractivity contribution in [2.45, 2.75) is 19.0 Å². The van der Waals surface area contributed by atoms with Crippen molar-refractivity contribution in [2.75, 3.05) is 47.1 Å². The number of nitrogens with zero attached hydrogens (tertiary/aromatic N) is 1. The summed E-state index contributed by atoms with van der Waals surface area (Å²) in [5, 5.41) is 4.97. The van der Waals surface area contributed by atoms with Crippen molar-refractivity contribution in [1.29, 1.82) is 0 Å². The second-order valence-corrected chi connectivity index (χ2v) is 8.03. The number of nitrogens with one attached hydrogen (secondary N) is 2. The van der Waals surface area contributed by atoms with Crippen molar-refractivity contribution in [3.8, 4) is 11.5 Å². The van der Waals surface area contributed by atoms with Crippen LogP contribution in [0.4, 0.5) is 0 Å². The molecule has 30 heavy (non-hydrogen) atoms. The smallest absolute Gasteiger partial charge is 0.123 e. The van der Waals surface area contributed by atoms with Crippen LogP contribution in [0.2, 0.25) is 0 Å². The molecule has 0 amide bonds. The first-order valence-electron chi connectivity index (χ1n) is 10.7. The molecule has 0 aliphatic carbocycles. The molecule has 2 N–H and O–H groups in total. The molecule has 1 saturated heterocycles. The zero-order chi connectivity index (χ0) is 20.5. The number of rotatable bonds is 5. The SMILES string of the molecule is COc1ccc2[nH]c3c(c2c1)CCN[C@H]3c1ccc(OC)c(CN2CCOCC2)c1. The fraction of sp³-hybridized carbons (Fsp3) is 0.417. The van der Waals surface area contributed by atoms with E-state index in [0.717, 1.165) is 62.8 Å². The fourth-order valence-corrected chi connectivity index (χ4v) is 4.72. The van der Waals surface area contributed by atoms with Crippen molar-refractivity contribution < 1.29 is 14.2 Å². The summed E-state index contributed by atoms with van der Waals surface area (Å²) in [5.41, 5.74) is 6.30. The van der Waals surface area contributed by atoms with E-state index in [-0.39, 0.29) is 6.04 Å². The highest BCUT2D eigenvalue weighted by Gasteiger charge is 2.26. The maximum absolute atomic E-state index is 5.67. The van der Waals surface area contributed by atoms with Gasteiger partial charge in [-0.25, -0.2) is 0 Å². The fourth-order valence-electron chi connectivity index (χ4n) is 4.72. The van der Waals surface area contributed by atoms with Gasteiger partial charge in [0, 0.05) is 48.3 Å². The van der Waals surface area contributed by atoms with Gasteiger partial charge in [0.25, 0.3) is 0 Å². The number of aromatic nitrogens is 1. The minimum atomic E-state index is 0.140. The minimum Gasteiger partial charge on any atom is -0.497 e. The van der Waals surface area contributed by atoms with Crippen LogP contribution in [0, 0.1) is 0 Å². The molecule has 6 nitrogen and oxygen atoms in total. The Hall–Kier alpha value is -2.54. The number of H-pyrrole nitrogens is 1. The Morgan fingerprint density at radius 2 is 1.93 bits per heavy atom.